The molecule has 180 valence electrons. The Hall–Kier alpha value is -2.72. The summed E-state index contributed by atoms with van der Waals surface area (Å²) in [4.78, 5) is 6.65. The fourth-order valence-electron chi connectivity index (χ4n) is 4.52. The highest BCUT2D eigenvalue weighted by atomic mass is 35.5. The van der Waals surface area contributed by atoms with Crippen molar-refractivity contribution in [1.29, 1.82) is 0 Å². The minimum atomic E-state index is -0.546. The summed E-state index contributed by atoms with van der Waals surface area (Å²) in [6, 6.07) is 6.87. The van der Waals surface area contributed by atoms with Gasteiger partial charge in [0.15, 0.2) is 0 Å². The van der Waals surface area contributed by atoms with E-state index in [9.17, 15) is 9.41 Å². The van der Waals surface area contributed by atoms with Crippen LogP contribution < -0.4 is 0 Å². The van der Waals surface area contributed by atoms with E-state index >= 15 is 0 Å². The van der Waals surface area contributed by atoms with Crippen LogP contribution in [-0.2, 0) is 0 Å². The summed E-state index contributed by atoms with van der Waals surface area (Å²) in [5.41, 5.74) is 4.30. The van der Waals surface area contributed by atoms with Crippen LogP contribution in [0.5, 0.6) is 0 Å². The molecule has 1 aliphatic heterocycles. The highest BCUT2D eigenvalue weighted by molar-refractivity contribution is 6.45. The monoisotopic (exact) mass is 512 g/mol. The summed E-state index contributed by atoms with van der Waals surface area (Å²) in [7, 11) is -0.419. The number of hydrogen-bond donors (Lipinski definition) is 1. The minimum Gasteiger partial charge on any atom is -0.437 e. The SMILES string of the molecule is CB(O)N1CCC(n2cc(-c3cnc4ccn(N=C(C)c5c(Cl)ccc(F)c5Cl)c4c3)cn2)CC1. The van der Waals surface area contributed by atoms with E-state index in [-0.39, 0.29) is 5.02 Å². The van der Waals surface area contributed by atoms with Gasteiger partial charge in [0.2, 0.25) is 0 Å². The highest BCUT2D eigenvalue weighted by Crippen LogP contribution is 2.30. The largest absolute Gasteiger partial charge is 0.437 e. The molecule has 5 rings (SSSR count). The zero-order chi connectivity index (χ0) is 24.7. The maximum absolute atomic E-state index is 14.0. The number of benzene rings is 1. The average Bonchev–Trinajstić information content (AvgIpc) is 3.49. The molecule has 1 aliphatic rings. The van der Waals surface area contributed by atoms with Crippen LogP contribution in [0.1, 0.15) is 31.4 Å². The molecule has 1 saturated heterocycles. The maximum Gasteiger partial charge on any atom is 0.376 e. The molecule has 0 saturated carbocycles. The molecule has 1 aromatic carbocycles. The van der Waals surface area contributed by atoms with Crippen molar-refractivity contribution in [3.05, 3.63) is 70.5 Å². The Labute approximate surface area is 212 Å². The van der Waals surface area contributed by atoms with E-state index in [0.717, 1.165) is 48.1 Å². The van der Waals surface area contributed by atoms with Crippen LogP contribution in [0, 0.1) is 5.82 Å². The second kappa shape index (κ2) is 9.74. The number of halogens is 3. The van der Waals surface area contributed by atoms with Gasteiger partial charge in [-0.1, -0.05) is 23.2 Å². The van der Waals surface area contributed by atoms with E-state index < -0.39 is 12.9 Å². The average molecular weight is 513 g/mol. The molecule has 7 nitrogen and oxygen atoms in total. The predicted molar refractivity (Wildman–Crippen MR) is 139 cm³/mol. The Balaban J connectivity index is 1.43. The molecule has 0 spiro atoms. The van der Waals surface area contributed by atoms with E-state index in [1.807, 2.05) is 35.4 Å². The third-order valence-electron chi connectivity index (χ3n) is 6.52. The zero-order valence-electron chi connectivity index (χ0n) is 19.4. The summed E-state index contributed by atoms with van der Waals surface area (Å²) in [6.07, 6.45) is 9.38. The molecular formula is C24H24BCl2FN6O. The molecule has 0 atom stereocenters. The molecule has 4 aromatic rings. The summed E-state index contributed by atoms with van der Waals surface area (Å²) in [5, 5.41) is 19.3. The first-order valence-corrected chi connectivity index (χ1v) is 12.2. The fraction of sp³-hybridized carbons (Fsp3) is 0.292. The third kappa shape index (κ3) is 4.73. The van der Waals surface area contributed by atoms with E-state index in [4.69, 9.17) is 23.2 Å². The van der Waals surface area contributed by atoms with Crippen LogP contribution in [0.15, 0.2) is 54.2 Å². The molecule has 0 bridgehead atoms. The first-order chi connectivity index (χ1) is 16.8. The van der Waals surface area contributed by atoms with E-state index in [2.05, 4.69) is 20.0 Å². The van der Waals surface area contributed by atoms with Crippen molar-refractivity contribution in [2.24, 2.45) is 5.10 Å². The van der Waals surface area contributed by atoms with Gasteiger partial charge in [-0.25, -0.2) is 9.07 Å². The number of fused-ring (bicyclic) bond motifs is 1. The maximum atomic E-state index is 14.0. The summed E-state index contributed by atoms with van der Waals surface area (Å²) in [6.45, 7) is 5.23. The van der Waals surface area contributed by atoms with Gasteiger partial charge >= 0.3 is 7.05 Å². The molecule has 0 radical (unpaired) electrons. The lowest BCUT2D eigenvalue weighted by molar-refractivity contribution is 0.241. The Morgan fingerprint density at radius 1 is 1.17 bits per heavy atom. The van der Waals surface area contributed by atoms with Crippen LogP contribution in [0.4, 0.5) is 4.39 Å². The van der Waals surface area contributed by atoms with Crippen LogP contribution in [0.2, 0.25) is 16.9 Å². The van der Waals surface area contributed by atoms with Crippen LogP contribution in [-0.4, -0.2) is 55.1 Å². The Bertz CT molecular complexity index is 1410. The number of pyridine rings is 1. The normalized spacial score (nSPS) is 15.8. The van der Waals surface area contributed by atoms with Gasteiger partial charge in [0.25, 0.3) is 0 Å². The van der Waals surface area contributed by atoms with E-state index in [0.29, 0.717) is 22.3 Å². The van der Waals surface area contributed by atoms with Crippen molar-refractivity contribution in [2.75, 3.05) is 13.1 Å². The van der Waals surface area contributed by atoms with Gasteiger partial charge in [0, 0.05) is 35.3 Å². The Morgan fingerprint density at radius 3 is 2.69 bits per heavy atom. The van der Waals surface area contributed by atoms with Gasteiger partial charge in [0.05, 0.1) is 39.0 Å². The van der Waals surface area contributed by atoms with Gasteiger partial charge in [0.1, 0.15) is 5.82 Å². The number of nitrogens with zero attached hydrogens (tertiary/aromatic N) is 6. The van der Waals surface area contributed by atoms with Gasteiger partial charge in [-0.05, 0) is 63.9 Å². The van der Waals surface area contributed by atoms with Crippen LogP contribution in [0.25, 0.3) is 22.2 Å². The van der Waals surface area contributed by atoms with Crippen molar-refractivity contribution in [2.45, 2.75) is 32.6 Å². The van der Waals surface area contributed by atoms with Crippen molar-refractivity contribution in [1.82, 2.24) is 24.3 Å². The van der Waals surface area contributed by atoms with E-state index in [1.54, 1.807) is 24.6 Å². The number of hydrogen-bond acceptors (Lipinski definition) is 5. The molecule has 0 unspecified atom stereocenters. The quantitative estimate of drug-likeness (QED) is 0.222. The number of piperidine rings is 1. The molecule has 11 heteroatoms. The van der Waals surface area contributed by atoms with Crippen molar-refractivity contribution in [3.63, 3.8) is 0 Å². The lowest BCUT2D eigenvalue weighted by Crippen LogP contribution is -2.43. The molecule has 1 fully saturated rings. The second-order valence-corrected chi connectivity index (χ2v) is 9.59. The van der Waals surface area contributed by atoms with Gasteiger partial charge in [-0.2, -0.15) is 10.2 Å². The van der Waals surface area contributed by atoms with Gasteiger partial charge in [-0.3, -0.25) is 9.67 Å². The van der Waals surface area contributed by atoms with Crippen molar-refractivity contribution >= 4 is 47.0 Å². The first kappa shape index (κ1) is 24.0. The predicted octanol–water partition coefficient (Wildman–Crippen LogP) is 5.37. The summed E-state index contributed by atoms with van der Waals surface area (Å²) in [5.74, 6) is -0.546. The molecule has 0 aliphatic carbocycles. The molecule has 1 N–H and O–H groups in total. The van der Waals surface area contributed by atoms with E-state index in [1.165, 1.54) is 12.1 Å². The topological polar surface area (TPSA) is 71.5 Å². The fourth-order valence-corrected chi connectivity index (χ4v) is 5.17. The standard InChI is InChI=1S/C24H24BCl2FN6O/c1-15(23-19(26)3-4-20(28)24(23)27)31-33-10-7-21-22(33)11-16(12-29-21)17-13-30-34(14-17)18-5-8-32(9-6-18)25(2)35/h3-4,7,10-14,18,35H,5-6,8-9H2,1-2H3. The molecule has 0 amide bonds. The third-order valence-corrected chi connectivity index (χ3v) is 7.20. The van der Waals surface area contributed by atoms with Crippen molar-refractivity contribution in [3.8, 4) is 11.1 Å². The molecule has 35 heavy (non-hydrogen) atoms. The zero-order valence-corrected chi connectivity index (χ0v) is 20.9. The molecule has 3 aromatic heterocycles. The Morgan fingerprint density at radius 2 is 1.94 bits per heavy atom. The number of rotatable bonds is 5. The lowest BCUT2D eigenvalue weighted by Gasteiger charge is -2.32. The lowest BCUT2D eigenvalue weighted by atomic mass is 9.82. The van der Waals surface area contributed by atoms with Gasteiger partial charge < -0.3 is 9.83 Å². The summed E-state index contributed by atoms with van der Waals surface area (Å²) >= 11 is 12.4. The second-order valence-electron chi connectivity index (χ2n) is 8.80. The highest BCUT2D eigenvalue weighted by Gasteiger charge is 2.25. The Kier molecular flexibility index (Phi) is 6.68. The molecule has 4 heterocycles. The van der Waals surface area contributed by atoms with Crippen LogP contribution >= 0.6 is 23.2 Å². The first-order valence-electron chi connectivity index (χ1n) is 11.4. The summed E-state index contributed by atoms with van der Waals surface area (Å²) < 4.78 is 17.7. The van der Waals surface area contributed by atoms with Crippen molar-refractivity contribution < 1.29 is 9.41 Å². The molecular weight excluding hydrogens is 489 g/mol. The number of aromatic nitrogens is 4. The van der Waals surface area contributed by atoms with Crippen LogP contribution in [0.3, 0.4) is 0 Å². The smallest absolute Gasteiger partial charge is 0.376 e. The minimum absolute atomic E-state index is 0.0549. The van der Waals surface area contributed by atoms with Gasteiger partial charge in [-0.15, -0.1) is 0 Å².